The van der Waals surface area contributed by atoms with Crippen LogP contribution in [0.5, 0.6) is 0 Å². The SMILES string of the molecule is O=C(CNc1cccc([N+](=O)[O-])c1)NCc1ccc(F)cc1. The number of hydrogen-bond acceptors (Lipinski definition) is 4. The van der Waals surface area contributed by atoms with E-state index < -0.39 is 4.92 Å². The van der Waals surface area contributed by atoms with Gasteiger partial charge in [0.25, 0.3) is 5.69 Å². The lowest BCUT2D eigenvalue weighted by Gasteiger charge is -2.08. The van der Waals surface area contributed by atoms with Crippen molar-refractivity contribution in [2.45, 2.75) is 6.54 Å². The van der Waals surface area contributed by atoms with Crippen LogP contribution in [-0.4, -0.2) is 17.4 Å². The van der Waals surface area contributed by atoms with Crippen LogP contribution in [0.15, 0.2) is 48.5 Å². The number of nitrogens with one attached hydrogen (secondary N) is 2. The van der Waals surface area contributed by atoms with Gasteiger partial charge >= 0.3 is 0 Å². The third-order valence-corrected chi connectivity index (χ3v) is 2.91. The summed E-state index contributed by atoms with van der Waals surface area (Å²) < 4.78 is 12.7. The van der Waals surface area contributed by atoms with Crippen molar-refractivity contribution in [3.05, 3.63) is 70.0 Å². The van der Waals surface area contributed by atoms with Crippen LogP contribution in [0, 0.1) is 15.9 Å². The predicted octanol–water partition coefficient (Wildman–Crippen LogP) is 2.46. The number of nitro groups is 1. The third-order valence-electron chi connectivity index (χ3n) is 2.91. The van der Waals surface area contributed by atoms with Gasteiger partial charge in [-0.25, -0.2) is 4.39 Å². The van der Waals surface area contributed by atoms with Crippen LogP contribution in [0.3, 0.4) is 0 Å². The zero-order valence-corrected chi connectivity index (χ0v) is 11.6. The molecule has 0 spiro atoms. The molecule has 0 unspecified atom stereocenters. The molecule has 0 bridgehead atoms. The highest BCUT2D eigenvalue weighted by Gasteiger charge is 2.06. The second-order valence-electron chi connectivity index (χ2n) is 4.56. The van der Waals surface area contributed by atoms with E-state index in [0.29, 0.717) is 5.69 Å². The summed E-state index contributed by atoms with van der Waals surface area (Å²) >= 11 is 0. The second kappa shape index (κ2) is 7.16. The number of hydrogen-bond donors (Lipinski definition) is 2. The molecule has 0 saturated heterocycles. The van der Waals surface area contributed by atoms with E-state index in [0.717, 1.165) is 5.56 Å². The predicted molar refractivity (Wildman–Crippen MR) is 79.8 cm³/mol. The van der Waals surface area contributed by atoms with Crippen molar-refractivity contribution in [3.8, 4) is 0 Å². The lowest BCUT2D eigenvalue weighted by molar-refractivity contribution is -0.384. The first-order valence-electron chi connectivity index (χ1n) is 6.54. The van der Waals surface area contributed by atoms with Gasteiger partial charge in [0, 0.05) is 24.4 Å². The number of carbonyl (C=O) groups excluding carboxylic acids is 1. The van der Waals surface area contributed by atoms with Crippen LogP contribution >= 0.6 is 0 Å². The number of halogens is 1. The van der Waals surface area contributed by atoms with Gasteiger partial charge in [-0.15, -0.1) is 0 Å². The van der Waals surface area contributed by atoms with Crippen LogP contribution in [0.1, 0.15) is 5.56 Å². The van der Waals surface area contributed by atoms with Crippen molar-refractivity contribution in [1.29, 1.82) is 0 Å². The molecule has 7 heteroatoms. The summed E-state index contributed by atoms with van der Waals surface area (Å²) in [6, 6.07) is 11.7. The summed E-state index contributed by atoms with van der Waals surface area (Å²) in [4.78, 5) is 21.8. The number of anilines is 1. The Balaban J connectivity index is 1.81. The molecule has 0 aliphatic carbocycles. The maximum absolute atomic E-state index is 12.7. The maximum Gasteiger partial charge on any atom is 0.271 e. The Bertz CT molecular complexity index is 674. The summed E-state index contributed by atoms with van der Waals surface area (Å²) in [7, 11) is 0. The molecule has 22 heavy (non-hydrogen) atoms. The van der Waals surface area contributed by atoms with Crippen molar-refractivity contribution < 1.29 is 14.1 Å². The number of non-ortho nitro benzene ring substituents is 1. The summed E-state index contributed by atoms with van der Waals surface area (Å²) in [5, 5.41) is 16.1. The van der Waals surface area contributed by atoms with Crippen molar-refractivity contribution in [3.63, 3.8) is 0 Å². The quantitative estimate of drug-likeness (QED) is 0.634. The highest BCUT2D eigenvalue weighted by molar-refractivity contribution is 5.80. The van der Waals surface area contributed by atoms with Crippen molar-refractivity contribution in [2.75, 3.05) is 11.9 Å². The third kappa shape index (κ3) is 4.55. The Labute approximate surface area is 126 Å². The van der Waals surface area contributed by atoms with E-state index in [2.05, 4.69) is 10.6 Å². The van der Waals surface area contributed by atoms with Crippen molar-refractivity contribution >= 4 is 17.3 Å². The van der Waals surface area contributed by atoms with Gasteiger partial charge in [0.15, 0.2) is 0 Å². The molecule has 0 aromatic heterocycles. The lowest BCUT2D eigenvalue weighted by Crippen LogP contribution is -2.29. The summed E-state index contributed by atoms with van der Waals surface area (Å²) in [6.07, 6.45) is 0. The smallest absolute Gasteiger partial charge is 0.271 e. The molecule has 2 aromatic carbocycles. The van der Waals surface area contributed by atoms with E-state index in [9.17, 15) is 19.3 Å². The van der Waals surface area contributed by atoms with Gasteiger partial charge in [0.05, 0.1) is 11.5 Å². The Hall–Kier alpha value is -2.96. The monoisotopic (exact) mass is 303 g/mol. The number of nitrogens with zero attached hydrogens (tertiary/aromatic N) is 1. The number of carbonyl (C=O) groups is 1. The van der Waals surface area contributed by atoms with E-state index in [1.165, 1.54) is 30.3 Å². The second-order valence-corrected chi connectivity index (χ2v) is 4.56. The molecule has 114 valence electrons. The molecule has 6 nitrogen and oxygen atoms in total. The largest absolute Gasteiger partial charge is 0.376 e. The van der Waals surface area contributed by atoms with Gasteiger partial charge in [0.1, 0.15) is 5.82 Å². The first kappa shape index (κ1) is 15.4. The minimum Gasteiger partial charge on any atom is -0.376 e. The topological polar surface area (TPSA) is 84.3 Å². The van der Waals surface area contributed by atoms with Crippen LogP contribution in [0.4, 0.5) is 15.8 Å². The van der Waals surface area contributed by atoms with Crippen LogP contribution < -0.4 is 10.6 Å². The molecule has 0 fully saturated rings. The fourth-order valence-electron chi connectivity index (χ4n) is 1.78. The van der Waals surface area contributed by atoms with E-state index in [-0.39, 0.29) is 30.5 Å². The zero-order valence-electron chi connectivity index (χ0n) is 11.6. The molecule has 0 saturated carbocycles. The average Bonchev–Trinajstić information content (AvgIpc) is 2.52. The van der Waals surface area contributed by atoms with Gasteiger partial charge in [0.2, 0.25) is 5.91 Å². The number of amides is 1. The fourth-order valence-corrected chi connectivity index (χ4v) is 1.78. The molecule has 0 atom stereocenters. The Kier molecular flexibility index (Phi) is 5.02. The molecule has 0 aliphatic heterocycles. The first-order chi connectivity index (χ1) is 10.5. The van der Waals surface area contributed by atoms with E-state index in [1.54, 1.807) is 18.2 Å². The molecule has 0 heterocycles. The highest BCUT2D eigenvalue weighted by atomic mass is 19.1. The number of benzene rings is 2. The molecular weight excluding hydrogens is 289 g/mol. The van der Waals surface area contributed by atoms with Gasteiger partial charge < -0.3 is 10.6 Å². The van der Waals surface area contributed by atoms with Gasteiger partial charge in [-0.3, -0.25) is 14.9 Å². The van der Waals surface area contributed by atoms with Crippen LogP contribution in [-0.2, 0) is 11.3 Å². The van der Waals surface area contributed by atoms with Gasteiger partial charge in [-0.1, -0.05) is 18.2 Å². The highest BCUT2D eigenvalue weighted by Crippen LogP contribution is 2.16. The molecule has 0 aliphatic rings. The standard InChI is InChI=1S/C15H14FN3O3/c16-12-6-4-11(5-7-12)9-18-15(20)10-17-13-2-1-3-14(8-13)19(21)22/h1-8,17H,9-10H2,(H,18,20). The summed E-state index contributed by atoms with van der Waals surface area (Å²) in [5.41, 5.74) is 1.23. The maximum atomic E-state index is 12.7. The molecule has 2 aromatic rings. The summed E-state index contributed by atoms with van der Waals surface area (Å²) in [5.74, 6) is -0.599. The van der Waals surface area contributed by atoms with Crippen molar-refractivity contribution in [2.24, 2.45) is 0 Å². The Morgan fingerprint density at radius 1 is 1.18 bits per heavy atom. The molecule has 0 radical (unpaired) electrons. The molecule has 2 rings (SSSR count). The van der Waals surface area contributed by atoms with Gasteiger partial charge in [-0.2, -0.15) is 0 Å². The molecule has 2 N–H and O–H groups in total. The number of rotatable bonds is 6. The summed E-state index contributed by atoms with van der Waals surface area (Å²) in [6.45, 7) is 0.276. The molecular formula is C15H14FN3O3. The molecule has 1 amide bonds. The van der Waals surface area contributed by atoms with E-state index >= 15 is 0 Å². The lowest BCUT2D eigenvalue weighted by atomic mass is 10.2. The zero-order chi connectivity index (χ0) is 15.9. The van der Waals surface area contributed by atoms with E-state index in [4.69, 9.17) is 0 Å². The first-order valence-corrected chi connectivity index (χ1v) is 6.54. The number of nitro benzene ring substituents is 1. The minimum atomic E-state index is -0.500. The minimum absolute atomic E-state index is 0.0115. The Morgan fingerprint density at radius 3 is 2.59 bits per heavy atom. The van der Waals surface area contributed by atoms with Crippen LogP contribution in [0.25, 0.3) is 0 Å². The van der Waals surface area contributed by atoms with E-state index in [1.807, 2.05) is 0 Å². The van der Waals surface area contributed by atoms with Crippen LogP contribution in [0.2, 0.25) is 0 Å². The normalized spacial score (nSPS) is 10.0. The van der Waals surface area contributed by atoms with Crippen molar-refractivity contribution in [1.82, 2.24) is 5.32 Å². The fraction of sp³-hybridized carbons (Fsp3) is 0.133. The average molecular weight is 303 g/mol. The Morgan fingerprint density at radius 2 is 1.91 bits per heavy atom. The van der Waals surface area contributed by atoms with Gasteiger partial charge in [-0.05, 0) is 23.8 Å².